The Balaban J connectivity index is 1.70. The lowest BCUT2D eigenvalue weighted by molar-refractivity contribution is -0.139. The number of amides is 2. The van der Waals surface area contributed by atoms with E-state index in [0.29, 0.717) is 19.0 Å². The molecule has 0 N–H and O–H groups in total. The fraction of sp³-hybridized carbons (Fsp3) is 0.579. The minimum Gasteiger partial charge on any atom is -0.497 e. The SMILES string of the molecule is CC[C@@H]1CCCCN1C(=O)[C@@H]1CC(=O)N(c2ccc(OC)cc2)C1. The van der Waals surface area contributed by atoms with Crippen molar-refractivity contribution in [3.63, 3.8) is 0 Å². The number of hydrogen-bond acceptors (Lipinski definition) is 3. The summed E-state index contributed by atoms with van der Waals surface area (Å²) in [5.74, 6) is 0.735. The Labute approximate surface area is 143 Å². The number of ether oxygens (including phenoxy) is 1. The maximum atomic E-state index is 12.9. The van der Waals surface area contributed by atoms with E-state index in [2.05, 4.69) is 6.92 Å². The number of likely N-dealkylation sites (tertiary alicyclic amines) is 1. The third kappa shape index (κ3) is 3.25. The van der Waals surface area contributed by atoms with E-state index < -0.39 is 0 Å². The molecule has 0 spiro atoms. The number of hydrogen-bond donors (Lipinski definition) is 0. The van der Waals surface area contributed by atoms with Crippen LogP contribution in [0.3, 0.4) is 0 Å². The molecule has 0 saturated carbocycles. The van der Waals surface area contributed by atoms with Gasteiger partial charge in [0.15, 0.2) is 0 Å². The summed E-state index contributed by atoms with van der Waals surface area (Å²) in [6.07, 6.45) is 4.67. The lowest BCUT2D eigenvalue weighted by Gasteiger charge is -2.36. The van der Waals surface area contributed by atoms with Crippen molar-refractivity contribution in [2.75, 3.05) is 25.1 Å². The first-order chi connectivity index (χ1) is 11.6. The standard InChI is InChI=1S/C19H26N2O3/c1-3-15-6-4-5-11-20(15)19(23)14-12-18(22)21(13-14)16-7-9-17(24-2)10-8-16/h7-10,14-15H,3-6,11-13H2,1-2H3/t14-,15-/m1/s1. The first-order valence-electron chi connectivity index (χ1n) is 8.89. The van der Waals surface area contributed by atoms with E-state index in [1.807, 2.05) is 29.2 Å². The summed E-state index contributed by atoms with van der Waals surface area (Å²) in [6.45, 7) is 3.46. The molecule has 130 valence electrons. The van der Waals surface area contributed by atoms with Gasteiger partial charge < -0.3 is 14.5 Å². The van der Waals surface area contributed by atoms with Gasteiger partial charge in [-0.15, -0.1) is 0 Å². The molecule has 5 nitrogen and oxygen atoms in total. The van der Waals surface area contributed by atoms with Crippen molar-refractivity contribution in [1.82, 2.24) is 4.90 Å². The Kier molecular flexibility index (Phi) is 5.07. The third-order valence-electron chi connectivity index (χ3n) is 5.24. The second-order valence-electron chi connectivity index (χ2n) is 6.69. The molecule has 2 aliphatic heterocycles. The monoisotopic (exact) mass is 330 g/mol. The van der Waals surface area contributed by atoms with Crippen molar-refractivity contribution in [3.05, 3.63) is 24.3 Å². The number of methoxy groups -OCH3 is 1. The number of anilines is 1. The zero-order valence-electron chi connectivity index (χ0n) is 14.5. The smallest absolute Gasteiger partial charge is 0.228 e. The predicted molar refractivity (Wildman–Crippen MR) is 93.1 cm³/mol. The predicted octanol–water partition coefficient (Wildman–Crippen LogP) is 2.84. The second kappa shape index (κ2) is 7.24. The normalized spacial score (nSPS) is 24.3. The van der Waals surface area contributed by atoms with E-state index >= 15 is 0 Å². The van der Waals surface area contributed by atoms with Crippen LogP contribution in [0.4, 0.5) is 5.69 Å². The highest BCUT2D eigenvalue weighted by Crippen LogP contribution is 2.30. The number of nitrogens with zero attached hydrogens (tertiary/aromatic N) is 2. The van der Waals surface area contributed by atoms with Gasteiger partial charge in [0.05, 0.1) is 13.0 Å². The van der Waals surface area contributed by atoms with E-state index in [9.17, 15) is 9.59 Å². The number of benzene rings is 1. The maximum Gasteiger partial charge on any atom is 0.228 e. The minimum atomic E-state index is -0.216. The van der Waals surface area contributed by atoms with Gasteiger partial charge in [-0.25, -0.2) is 0 Å². The van der Waals surface area contributed by atoms with Crippen LogP contribution in [0.2, 0.25) is 0 Å². The van der Waals surface area contributed by atoms with E-state index in [1.165, 1.54) is 6.42 Å². The lowest BCUT2D eigenvalue weighted by atomic mass is 9.97. The summed E-state index contributed by atoms with van der Waals surface area (Å²) in [7, 11) is 1.62. The molecule has 2 heterocycles. The highest BCUT2D eigenvalue weighted by molar-refractivity contribution is 6.00. The van der Waals surface area contributed by atoms with Crippen LogP contribution in [-0.2, 0) is 9.59 Å². The van der Waals surface area contributed by atoms with E-state index in [0.717, 1.165) is 37.2 Å². The van der Waals surface area contributed by atoms with Gasteiger partial charge in [-0.05, 0) is 49.9 Å². The topological polar surface area (TPSA) is 49.9 Å². The number of rotatable bonds is 4. The van der Waals surface area contributed by atoms with Gasteiger partial charge in [0.1, 0.15) is 5.75 Å². The van der Waals surface area contributed by atoms with Crippen molar-refractivity contribution >= 4 is 17.5 Å². The summed E-state index contributed by atoms with van der Waals surface area (Å²) in [4.78, 5) is 29.1. The Bertz CT molecular complexity index is 599. The molecule has 0 bridgehead atoms. The molecule has 2 atom stereocenters. The van der Waals surface area contributed by atoms with E-state index in [4.69, 9.17) is 4.74 Å². The van der Waals surface area contributed by atoms with Crippen molar-refractivity contribution in [1.29, 1.82) is 0 Å². The third-order valence-corrected chi connectivity index (χ3v) is 5.24. The Morgan fingerprint density at radius 1 is 1.25 bits per heavy atom. The van der Waals surface area contributed by atoms with E-state index in [-0.39, 0.29) is 17.7 Å². The van der Waals surface area contributed by atoms with Crippen molar-refractivity contribution in [2.45, 2.75) is 45.1 Å². The van der Waals surface area contributed by atoms with Crippen molar-refractivity contribution in [2.24, 2.45) is 5.92 Å². The van der Waals surface area contributed by atoms with Crippen LogP contribution in [0.1, 0.15) is 39.0 Å². The van der Waals surface area contributed by atoms with Crippen LogP contribution >= 0.6 is 0 Å². The van der Waals surface area contributed by atoms with Gasteiger partial charge in [0.2, 0.25) is 11.8 Å². The average Bonchev–Trinajstić information content (AvgIpc) is 3.03. The van der Waals surface area contributed by atoms with Gasteiger partial charge in [0.25, 0.3) is 0 Å². The highest BCUT2D eigenvalue weighted by Gasteiger charge is 2.39. The van der Waals surface area contributed by atoms with Gasteiger partial charge in [-0.2, -0.15) is 0 Å². The zero-order valence-corrected chi connectivity index (χ0v) is 14.5. The largest absolute Gasteiger partial charge is 0.497 e. The summed E-state index contributed by atoms with van der Waals surface area (Å²) in [5, 5.41) is 0. The van der Waals surface area contributed by atoms with Crippen LogP contribution in [0.25, 0.3) is 0 Å². The molecule has 24 heavy (non-hydrogen) atoms. The molecule has 0 aliphatic carbocycles. The second-order valence-corrected chi connectivity index (χ2v) is 6.69. The molecule has 0 aromatic heterocycles. The molecule has 5 heteroatoms. The Hall–Kier alpha value is -2.04. The summed E-state index contributed by atoms with van der Waals surface area (Å²) in [5.41, 5.74) is 0.835. The van der Waals surface area contributed by atoms with Crippen molar-refractivity contribution < 1.29 is 14.3 Å². The number of carbonyl (C=O) groups excluding carboxylic acids is 2. The van der Waals surface area contributed by atoms with Crippen LogP contribution in [0.5, 0.6) is 5.75 Å². The Morgan fingerprint density at radius 3 is 2.67 bits per heavy atom. The number of carbonyl (C=O) groups is 2. The molecule has 2 aliphatic rings. The van der Waals surface area contributed by atoms with Crippen molar-refractivity contribution in [3.8, 4) is 5.75 Å². The number of piperidine rings is 1. The summed E-state index contributed by atoms with van der Waals surface area (Å²) in [6, 6.07) is 7.78. The highest BCUT2D eigenvalue weighted by atomic mass is 16.5. The molecule has 3 rings (SSSR count). The first-order valence-corrected chi connectivity index (χ1v) is 8.89. The van der Waals surface area contributed by atoms with Gasteiger partial charge in [-0.3, -0.25) is 9.59 Å². The van der Waals surface area contributed by atoms with Crippen LogP contribution < -0.4 is 9.64 Å². The van der Waals surface area contributed by atoms with Crippen LogP contribution in [0.15, 0.2) is 24.3 Å². The van der Waals surface area contributed by atoms with Gasteiger partial charge in [0, 0.05) is 31.2 Å². The van der Waals surface area contributed by atoms with Crippen LogP contribution in [0, 0.1) is 5.92 Å². The molecule has 1 aromatic rings. The average molecular weight is 330 g/mol. The molecular formula is C19H26N2O3. The summed E-state index contributed by atoms with van der Waals surface area (Å²) >= 11 is 0. The maximum absolute atomic E-state index is 12.9. The lowest BCUT2D eigenvalue weighted by Crippen LogP contribution is -2.46. The minimum absolute atomic E-state index is 0.0311. The zero-order chi connectivity index (χ0) is 17.1. The molecule has 2 saturated heterocycles. The van der Waals surface area contributed by atoms with Crippen LogP contribution in [-0.4, -0.2) is 43.0 Å². The quantitative estimate of drug-likeness (QED) is 0.853. The van der Waals surface area contributed by atoms with Gasteiger partial charge in [-0.1, -0.05) is 6.92 Å². The molecule has 1 aromatic carbocycles. The first kappa shape index (κ1) is 16.8. The fourth-order valence-electron chi connectivity index (χ4n) is 3.83. The molecule has 2 amide bonds. The van der Waals surface area contributed by atoms with E-state index in [1.54, 1.807) is 12.0 Å². The van der Waals surface area contributed by atoms with Gasteiger partial charge >= 0.3 is 0 Å². The Morgan fingerprint density at radius 2 is 2.00 bits per heavy atom. The molecule has 0 unspecified atom stereocenters. The molecule has 2 fully saturated rings. The summed E-state index contributed by atoms with van der Waals surface area (Å²) < 4.78 is 5.16. The molecular weight excluding hydrogens is 304 g/mol. The molecule has 0 radical (unpaired) electrons. The fourth-order valence-corrected chi connectivity index (χ4v) is 3.83.